The van der Waals surface area contributed by atoms with Gasteiger partial charge in [0, 0.05) is 37.0 Å². The summed E-state index contributed by atoms with van der Waals surface area (Å²) in [5, 5.41) is 7.07. The normalized spacial score (nSPS) is 11.2. The van der Waals surface area contributed by atoms with E-state index in [0.29, 0.717) is 19.7 Å². The zero-order valence-electron chi connectivity index (χ0n) is 14.1. The molecule has 2 heterocycles. The van der Waals surface area contributed by atoms with Gasteiger partial charge in [-0.2, -0.15) is 5.10 Å². The zero-order chi connectivity index (χ0) is 16.8. The van der Waals surface area contributed by atoms with E-state index in [9.17, 15) is 4.79 Å². The van der Waals surface area contributed by atoms with Crippen molar-refractivity contribution in [2.24, 2.45) is 7.05 Å². The molecule has 2 aromatic rings. The monoisotopic (exact) mass is 336 g/mol. The number of hydrogen-bond donors (Lipinski definition) is 1. The van der Waals surface area contributed by atoms with Crippen molar-refractivity contribution in [2.45, 2.75) is 20.4 Å². The summed E-state index contributed by atoms with van der Waals surface area (Å²) in [4.78, 5) is 16.9. The Hall–Kier alpha value is -1.70. The van der Waals surface area contributed by atoms with Crippen LogP contribution >= 0.6 is 11.3 Å². The Morgan fingerprint density at radius 1 is 1.43 bits per heavy atom. The van der Waals surface area contributed by atoms with E-state index in [1.165, 1.54) is 9.75 Å². The van der Waals surface area contributed by atoms with E-state index in [1.54, 1.807) is 29.3 Å². The predicted molar refractivity (Wildman–Crippen MR) is 92.8 cm³/mol. The van der Waals surface area contributed by atoms with Crippen LogP contribution in [0.2, 0.25) is 0 Å². The number of amides is 1. The number of carbonyl (C=O) groups excluding carboxylic acids is 1. The molecular weight excluding hydrogens is 312 g/mol. The molecule has 23 heavy (non-hydrogen) atoms. The van der Waals surface area contributed by atoms with Crippen LogP contribution in [0.4, 0.5) is 5.69 Å². The Bertz CT molecular complexity index is 650. The number of methoxy groups -OCH3 is 1. The molecule has 1 amide bonds. The molecule has 0 saturated carbocycles. The van der Waals surface area contributed by atoms with Crippen molar-refractivity contribution < 1.29 is 9.53 Å². The second kappa shape index (κ2) is 8.24. The molecule has 0 unspecified atom stereocenters. The van der Waals surface area contributed by atoms with Crippen LogP contribution in [0.3, 0.4) is 0 Å². The Kier molecular flexibility index (Phi) is 6.32. The third kappa shape index (κ3) is 5.16. The van der Waals surface area contributed by atoms with E-state index >= 15 is 0 Å². The van der Waals surface area contributed by atoms with E-state index in [-0.39, 0.29) is 5.91 Å². The quantitative estimate of drug-likeness (QED) is 0.803. The van der Waals surface area contributed by atoms with Crippen molar-refractivity contribution in [2.75, 3.05) is 32.1 Å². The van der Waals surface area contributed by atoms with Crippen LogP contribution in [0.5, 0.6) is 0 Å². The van der Waals surface area contributed by atoms with Crippen LogP contribution in [0, 0.1) is 13.8 Å². The molecule has 2 aromatic heterocycles. The van der Waals surface area contributed by atoms with Gasteiger partial charge in [0.1, 0.15) is 0 Å². The maximum absolute atomic E-state index is 12.3. The molecule has 0 fully saturated rings. The van der Waals surface area contributed by atoms with Crippen LogP contribution in [0.25, 0.3) is 0 Å². The Balaban J connectivity index is 1.95. The molecule has 0 radical (unpaired) electrons. The highest BCUT2D eigenvalue weighted by Gasteiger charge is 2.14. The number of nitrogens with one attached hydrogen (secondary N) is 1. The molecule has 0 aromatic carbocycles. The van der Waals surface area contributed by atoms with E-state index in [1.807, 2.05) is 14.0 Å². The van der Waals surface area contributed by atoms with Crippen molar-refractivity contribution in [3.8, 4) is 0 Å². The van der Waals surface area contributed by atoms with Crippen molar-refractivity contribution in [3.05, 3.63) is 33.8 Å². The first kappa shape index (κ1) is 17.7. The molecular formula is C16H24N4O2S. The molecule has 0 spiro atoms. The Morgan fingerprint density at radius 2 is 2.22 bits per heavy atom. The summed E-state index contributed by atoms with van der Waals surface area (Å²) >= 11 is 1.76. The summed E-state index contributed by atoms with van der Waals surface area (Å²) in [7, 11) is 3.53. The minimum Gasteiger partial charge on any atom is -0.383 e. The smallest absolute Gasteiger partial charge is 0.238 e. The molecule has 0 atom stereocenters. The summed E-state index contributed by atoms with van der Waals surface area (Å²) in [6.45, 7) is 6.41. The number of thiophene rings is 1. The van der Waals surface area contributed by atoms with Gasteiger partial charge in [-0.15, -0.1) is 11.3 Å². The Labute approximate surface area is 141 Å². The van der Waals surface area contributed by atoms with Gasteiger partial charge in [0.05, 0.1) is 30.7 Å². The van der Waals surface area contributed by atoms with Crippen molar-refractivity contribution >= 4 is 22.9 Å². The fourth-order valence-electron chi connectivity index (χ4n) is 2.24. The van der Waals surface area contributed by atoms with Gasteiger partial charge in [0.25, 0.3) is 0 Å². The van der Waals surface area contributed by atoms with Gasteiger partial charge in [-0.05, 0) is 26.0 Å². The highest BCUT2D eigenvalue weighted by molar-refractivity contribution is 7.11. The Morgan fingerprint density at radius 3 is 2.78 bits per heavy atom. The molecule has 6 nitrogen and oxygen atoms in total. The number of aryl methyl sites for hydroxylation is 2. The lowest BCUT2D eigenvalue weighted by molar-refractivity contribution is -0.117. The molecule has 1 N–H and O–H groups in total. The van der Waals surface area contributed by atoms with E-state index in [2.05, 4.69) is 34.4 Å². The molecule has 0 saturated heterocycles. The molecule has 0 bridgehead atoms. The van der Waals surface area contributed by atoms with Crippen LogP contribution in [-0.2, 0) is 23.1 Å². The van der Waals surface area contributed by atoms with Gasteiger partial charge in [-0.25, -0.2) is 0 Å². The van der Waals surface area contributed by atoms with E-state index in [4.69, 9.17) is 4.74 Å². The lowest BCUT2D eigenvalue weighted by atomic mass is 10.3. The topological polar surface area (TPSA) is 59.4 Å². The minimum absolute atomic E-state index is 0.0366. The second-order valence-electron chi connectivity index (χ2n) is 5.53. The maximum Gasteiger partial charge on any atom is 0.238 e. The number of hydrogen-bond acceptors (Lipinski definition) is 5. The highest BCUT2D eigenvalue weighted by Crippen LogP contribution is 2.17. The number of nitrogens with zero attached hydrogens (tertiary/aromatic N) is 3. The maximum atomic E-state index is 12.3. The largest absolute Gasteiger partial charge is 0.383 e. The zero-order valence-corrected chi connectivity index (χ0v) is 14.9. The fraction of sp³-hybridized carbons (Fsp3) is 0.500. The number of aromatic nitrogens is 2. The van der Waals surface area contributed by atoms with Gasteiger partial charge in [0.2, 0.25) is 5.91 Å². The average molecular weight is 336 g/mol. The third-order valence-electron chi connectivity index (χ3n) is 3.66. The van der Waals surface area contributed by atoms with Crippen LogP contribution < -0.4 is 5.32 Å². The summed E-state index contributed by atoms with van der Waals surface area (Å²) in [6.07, 6.45) is 1.68. The van der Waals surface area contributed by atoms with Crippen molar-refractivity contribution in [3.63, 3.8) is 0 Å². The first-order valence-corrected chi connectivity index (χ1v) is 8.36. The van der Waals surface area contributed by atoms with Gasteiger partial charge in [-0.3, -0.25) is 14.4 Å². The van der Waals surface area contributed by atoms with Crippen molar-refractivity contribution in [1.29, 1.82) is 0 Å². The van der Waals surface area contributed by atoms with Crippen LogP contribution in [-0.4, -0.2) is 47.4 Å². The number of anilines is 1. The van der Waals surface area contributed by atoms with E-state index < -0.39 is 0 Å². The summed E-state index contributed by atoms with van der Waals surface area (Å²) in [6, 6.07) is 4.22. The molecule has 7 heteroatoms. The number of ether oxygens (including phenoxy) is 1. The second-order valence-corrected chi connectivity index (χ2v) is 6.90. The molecule has 126 valence electrons. The molecule has 0 aliphatic heterocycles. The number of carbonyl (C=O) groups is 1. The highest BCUT2D eigenvalue weighted by atomic mass is 32.1. The lowest BCUT2D eigenvalue weighted by Crippen LogP contribution is -2.35. The first-order chi connectivity index (χ1) is 11.0. The lowest BCUT2D eigenvalue weighted by Gasteiger charge is -2.20. The van der Waals surface area contributed by atoms with Gasteiger partial charge in [-0.1, -0.05) is 0 Å². The summed E-state index contributed by atoms with van der Waals surface area (Å²) in [5.41, 5.74) is 1.70. The first-order valence-electron chi connectivity index (χ1n) is 7.54. The molecule has 0 aliphatic carbocycles. The molecule has 0 aliphatic rings. The fourth-order valence-corrected chi connectivity index (χ4v) is 3.17. The standard InChI is InChI=1S/C16H24N4O2S/c1-12-5-6-14(23-12)10-20(7-8-22-4)11-16(21)18-15-9-17-19(3)13(15)2/h5-6,9H,7-8,10-11H2,1-4H3,(H,18,21). The van der Waals surface area contributed by atoms with Crippen molar-refractivity contribution in [1.82, 2.24) is 14.7 Å². The summed E-state index contributed by atoms with van der Waals surface area (Å²) in [5.74, 6) is -0.0366. The summed E-state index contributed by atoms with van der Waals surface area (Å²) < 4.78 is 6.90. The van der Waals surface area contributed by atoms with Gasteiger partial charge in [0.15, 0.2) is 0 Å². The molecule has 2 rings (SSSR count). The van der Waals surface area contributed by atoms with Gasteiger partial charge >= 0.3 is 0 Å². The van der Waals surface area contributed by atoms with E-state index in [0.717, 1.165) is 17.9 Å². The van der Waals surface area contributed by atoms with Gasteiger partial charge < -0.3 is 10.1 Å². The predicted octanol–water partition coefficient (Wildman–Crippen LogP) is 2.19. The number of rotatable bonds is 8. The van der Waals surface area contributed by atoms with Crippen LogP contribution in [0.15, 0.2) is 18.3 Å². The minimum atomic E-state index is -0.0366. The SMILES string of the molecule is COCCN(CC(=O)Nc1cnn(C)c1C)Cc1ccc(C)s1. The van der Waals surface area contributed by atoms with Crippen LogP contribution in [0.1, 0.15) is 15.4 Å². The third-order valence-corrected chi connectivity index (χ3v) is 4.65. The average Bonchev–Trinajstić information content (AvgIpc) is 3.05.